The number of ether oxygens (including phenoxy) is 2. The molecule has 0 spiro atoms. The molecular weight excluding hydrogens is 682 g/mol. The number of terminal acetylenes is 1. The zero-order chi connectivity index (χ0) is 36.5. The number of phenolic OH excluding ortho intramolecular Hbond substituents is 1. The Morgan fingerprint density at radius 1 is 1.00 bits per heavy atom. The van der Waals surface area contributed by atoms with Gasteiger partial charge in [0, 0.05) is 56.4 Å². The standard InChI is InChI=1S/C34H34FN4O9P.C2H2/c1-2-45-34(43)48-49(44,47-25-7-4-3-5-8-25)20-19-37-15-17-38(18-16-37)33(42)46-31-26-9-6-14-36-29(26)30(40)28-27(31)22-39(32(28)41)21-23-10-12-24(35)13-11-23;1-2/h3-14,40H,2,15-22H2,1H3;1-2H. The molecule has 2 amide bonds. The van der Waals surface area contributed by atoms with Gasteiger partial charge in [-0.25, -0.2) is 18.5 Å². The second-order valence-electron chi connectivity index (χ2n) is 11.4. The lowest BCUT2D eigenvalue weighted by Gasteiger charge is -2.34. The van der Waals surface area contributed by atoms with Crippen molar-refractivity contribution in [2.45, 2.75) is 20.0 Å². The summed E-state index contributed by atoms with van der Waals surface area (Å²) in [5.41, 5.74) is 1.18. The molecule has 0 radical (unpaired) electrons. The maximum absolute atomic E-state index is 13.6. The normalized spacial score (nSPS) is 15.3. The van der Waals surface area contributed by atoms with Crippen molar-refractivity contribution in [3.8, 4) is 30.1 Å². The van der Waals surface area contributed by atoms with Gasteiger partial charge < -0.3 is 33.4 Å². The van der Waals surface area contributed by atoms with Crippen LogP contribution in [0, 0.1) is 18.7 Å². The number of carbonyl (C=O) groups is 3. The molecule has 3 aromatic carbocycles. The Bertz CT molecular complexity index is 1950. The second kappa shape index (κ2) is 16.4. The fourth-order valence-electron chi connectivity index (χ4n) is 5.75. The number of rotatable bonds is 10. The van der Waals surface area contributed by atoms with Gasteiger partial charge in [-0.05, 0) is 48.9 Å². The lowest BCUT2D eigenvalue weighted by atomic mass is 10.0. The lowest BCUT2D eigenvalue weighted by Crippen LogP contribution is -2.50. The van der Waals surface area contributed by atoms with Crippen LogP contribution in [0.25, 0.3) is 10.9 Å². The van der Waals surface area contributed by atoms with Gasteiger partial charge in [-0.1, -0.05) is 30.3 Å². The Kier molecular flexibility index (Phi) is 11.8. The van der Waals surface area contributed by atoms with E-state index < -0.39 is 31.6 Å². The van der Waals surface area contributed by atoms with Gasteiger partial charge in [0.2, 0.25) is 0 Å². The van der Waals surface area contributed by atoms with Crippen LogP contribution in [-0.4, -0.2) is 88.4 Å². The number of carbonyl (C=O) groups excluding carboxylic acids is 3. The van der Waals surface area contributed by atoms with Gasteiger partial charge in [0.15, 0.2) is 5.75 Å². The van der Waals surface area contributed by atoms with Crippen molar-refractivity contribution in [2.75, 3.05) is 45.5 Å². The lowest BCUT2D eigenvalue weighted by molar-refractivity contribution is 0.0764. The van der Waals surface area contributed by atoms with Crippen LogP contribution in [-0.2, 0) is 26.9 Å². The second-order valence-corrected chi connectivity index (χ2v) is 13.5. The summed E-state index contributed by atoms with van der Waals surface area (Å²) in [6.07, 6.45) is 7.63. The number of aromatic nitrogens is 1. The molecule has 1 aromatic heterocycles. The minimum Gasteiger partial charge on any atom is -0.505 e. The first-order valence-electron chi connectivity index (χ1n) is 16.0. The topological polar surface area (TPSA) is 148 Å². The number of aromatic hydroxyl groups is 1. The maximum Gasteiger partial charge on any atom is 0.515 e. The molecule has 1 fully saturated rings. The minimum absolute atomic E-state index is 0.00752. The summed E-state index contributed by atoms with van der Waals surface area (Å²) in [5.74, 6) is -0.744. The van der Waals surface area contributed by atoms with E-state index in [1.54, 1.807) is 61.5 Å². The summed E-state index contributed by atoms with van der Waals surface area (Å²) in [5, 5.41) is 11.5. The van der Waals surface area contributed by atoms with Crippen LogP contribution in [0.15, 0.2) is 72.9 Å². The quantitative estimate of drug-likeness (QED) is 0.116. The van der Waals surface area contributed by atoms with Gasteiger partial charge in [0.25, 0.3) is 5.91 Å². The number of para-hydroxylation sites is 1. The van der Waals surface area contributed by atoms with E-state index in [2.05, 4.69) is 17.8 Å². The number of fused-ring (bicyclic) bond motifs is 2. The summed E-state index contributed by atoms with van der Waals surface area (Å²) in [6, 6.07) is 17.5. The number of amides is 2. The van der Waals surface area contributed by atoms with E-state index in [0.717, 1.165) is 0 Å². The van der Waals surface area contributed by atoms with Gasteiger partial charge in [0.1, 0.15) is 22.8 Å². The third kappa shape index (κ3) is 8.57. The highest BCUT2D eigenvalue weighted by atomic mass is 31.2. The molecule has 266 valence electrons. The van der Waals surface area contributed by atoms with Crippen molar-refractivity contribution < 1.29 is 47.0 Å². The van der Waals surface area contributed by atoms with Crippen LogP contribution < -0.4 is 9.26 Å². The highest BCUT2D eigenvalue weighted by Crippen LogP contribution is 2.49. The zero-order valence-electron chi connectivity index (χ0n) is 27.8. The van der Waals surface area contributed by atoms with E-state index in [9.17, 15) is 28.4 Å². The van der Waals surface area contributed by atoms with Crippen LogP contribution in [0.5, 0.6) is 17.2 Å². The maximum atomic E-state index is 13.6. The summed E-state index contributed by atoms with van der Waals surface area (Å²) in [6.45, 7) is 3.46. The van der Waals surface area contributed by atoms with Gasteiger partial charge >= 0.3 is 19.8 Å². The predicted octanol–water partition coefficient (Wildman–Crippen LogP) is 6.05. The molecule has 1 unspecified atom stereocenters. The SMILES string of the molecule is C#C.CCOC(=O)OP(=O)(CCN1CCN(C(=O)Oc2c3c(c(O)c4ncccc24)C(=O)N(Cc2ccc(F)cc2)C3)CC1)Oc1ccccc1. The van der Waals surface area contributed by atoms with Gasteiger partial charge in [0.05, 0.1) is 24.9 Å². The van der Waals surface area contributed by atoms with Crippen molar-refractivity contribution >= 4 is 36.7 Å². The van der Waals surface area contributed by atoms with E-state index in [4.69, 9.17) is 18.5 Å². The van der Waals surface area contributed by atoms with Crippen LogP contribution in [0.2, 0.25) is 0 Å². The molecule has 6 rings (SSSR count). The Morgan fingerprint density at radius 2 is 1.71 bits per heavy atom. The highest BCUT2D eigenvalue weighted by Gasteiger charge is 2.37. The number of pyridine rings is 1. The van der Waals surface area contributed by atoms with Crippen molar-refractivity contribution in [3.63, 3.8) is 0 Å². The van der Waals surface area contributed by atoms with Crippen LogP contribution >= 0.6 is 7.60 Å². The Hall–Kier alpha value is -5.64. The van der Waals surface area contributed by atoms with Gasteiger partial charge in [-0.15, -0.1) is 12.8 Å². The summed E-state index contributed by atoms with van der Waals surface area (Å²) in [7, 11) is -3.94. The molecule has 2 aliphatic heterocycles. The van der Waals surface area contributed by atoms with E-state index in [-0.39, 0.29) is 73.8 Å². The van der Waals surface area contributed by atoms with E-state index in [1.165, 1.54) is 28.1 Å². The molecule has 15 heteroatoms. The van der Waals surface area contributed by atoms with Crippen LogP contribution in [0.4, 0.5) is 14.0 Å². The molecule has 3 heterocycles. The van der Waals surface area contributed by atoms with E-state index >= 15 is 0 Å². The Balaban J connectivity index is 0.00000248. The molecule has 51 heavy (non-hydrogen) atoms. The molecule has 1 N–H and O–H groups in total. The first-order chi connectivity index (χ1) is 24.6. The third-order valence-corrected chi connectivity index (χ3v) is 9.86. The molecule has 0 bridgehead atoms. The molecule has 2 aliphatic rings. The molecule has 1 atom stereocenters. The predicted molar refractivity (Wildman–Crippen MR) is 185 cm³/mol. The minimum atomic E-state index is -3.94. The Morgan fingerprint density at radius 3 is 2.39 bits per heavy atom. The number of hydrogen-bond donors (Lipinski definition) is 1. The fourth-order valence-corrected chi connectivity index (χ4v) is 7.22. The largest absolute Gasteiger partial charge is 0.515 e. The van der Waals surface area contributed by atoms with Gasteiger partial charge in [-0.3, -0.25) is 14.7 Å². The first-order valence-corrected chi connectivity index (χ1v) is 17.8. The average molecular weight is 719 g/mol. The van der Waals surface area contributed by atoms with E-state index in [0.29, 0.717) is 29.6 Å². The van der Waals surface area contributed by atoms with Crippen LogP contribution in [0.3, 0.4) is 0 Å². The van der Waals surface area contributed by atoms with Crippen molar-refractivity contribution in [1.82, 2.24) is 19.7 Å². The molecule has 13 nitrogen and oxygen atoms in total. The Labute approximate surface area is 294 Å². The molecule has 0 aliphatic carbocycles. The number of hydrogen-bond acceptors (Lipinski definition) is 11. The number of halogens is 1. The van der Waals surface area contributed by atoms with Gasteiger partial charge in [-0.2, -0.15) is 0 Å². The van der Waals surface area contributed by atoms with Crippen molar-refractivity contribution in [1.29, 1.82) is 0 Å². The first kappa shape index (κ1) is 36.6. The van der Waals surface area contributed by atoms with Crippen molar-refractivity contribution in [3.05, 3.63) is 95.4 Å². The fraction of sp³-hybridized carbons (Fsp3) is 0.278. The summed E-state index contributed by atoms with van der Waals surface area (Å²) >= 11 is 0. The number of nitrogens with zero attached hydrogens (tertiary/aromatic N) is 4. The molecule has 1 saturated heterocycles. The van der Waals surface area contributed by atoms with E-state index in [1.807, 2.05) is 4.90 Å². The third-order valence-electron chi connectivity index (χ3n) is 8.20. The average Bonchev–Trinajstić information content (AvgIpc) is 3.46. The summed E-state index contributed by atoms with van der Waals surface area (Å²) in [4.78, 5) is 48.3. The monoisotopic (exact) mass is 718 g/mol. The molecule has 0 saturated carbocycles. The smallest absolute Gasteiger partial charge is 0.505 e. The zero-order valence-corrected chi connectivity index (χ0v) is 28.7. The number of piperazine rings is 1. The summed E-state index contributed by atoms with van der Waals surface area (Å²) < 4.78 is 48.6. The molecule has 4 aromatic rings. The highest BCUT2D eigenvalue weighted by molar-refractivity contribution is 7.54. The number of phenols is 1. The van der Waals surface area contributed by atoms with Crippen molar-refractivity contribution in [2.24, 2.45) is 0 Å². The number of benzene rings is 3. The van der Waals surface area contributed by atoms with Crippen LogP contribution in [0.1, 0.15) is 28.4 Å². The molecular formula is C36H36FN4O9P.